The molecular formula is C12H16O. The normalized spacial score (nSPS) is 9.38. The Morgan fingerprint density at radius 3 is 2.15 bits per heavy atom. The highest BCUT2D eigenvalue weighted by Gasteiger charge is 1.87. The SMILES string of the molecule is C/C=C/c1ccc(CC)cc1.C=O. The van der Waals surface area contributed by atoms with Crippen LogP contribution in [0.25, 0.3) is 6.08 Å². The monoisotopic (exact) mass is 176 g/mol. The van der Waals surface area contributed by atoms with E-state index in [1.165, 1.54) is 11.1 Å². The summed E-state index contributed by atoms with van der Waals surface area (Å²) in [6.45, 7) is 6.21. The van der Waals surface area contributed by atoms with E-state index in [0.717, 1.165) is 6.42 Å². The highest BCUT2D eigenvalue weighted by molar-refractivity contribution is 5.49. The average molecular weight is 176 g/mol. The first-order valence-electron chi connectivity index (χ1n) is 4.37. The number of carbonyl (C=O) groups is 1. The number of hydrogen-bond donors (Lipinski definition) is 0. The van der Waals surface area contributed by atoms with Gasteiger partial charge in [-0.2, -0.15) is 0 Å². The summed E-state index contributed by atoms with van der Waals surface area (Å²) in [5.41, 5.74) is 2.68. The number of benzene rings is 1. The zero-order valence-corrected chi connectivity index (χ0v) is 8.29. The van der Waals surface area contributed by atoms with Crippen molar-refractivity contribution < 1.29 is 4.79 Å². The van der Waals surface area contributed by atoms with E-state index in [9.17, 15) is 0 Å². The molecule has 0 saturated carbocycles. The average Bonchev–Trinajstić information content (AvgIpc) is 2.23. The lowest BCUT2D eigenvalue weighted by Crippen LogP contribution is -1.78. The van der Waals surface area contributed by atoms with E-state index in [-0.39, 0.29) is 0 Å². The van der Waals surface area contributed by atoms with Crippen LogP contribution in [0.5, 0.6) is 0 Å². The van der Waals surface area contributed by atoms with Gasteiger partial charge in [0.05, 0.1) is 0 Å². The second-order valence-electron chi connectivity index (χ2n) is 2.60. The summed E-state index contributed by atoms with van der Waals surface area (Å²) >= 11 is 0. The molecule has 0 radical (unpaired) electrons. The number of rotatable bonds is 2. The summed E-state index contributed by atoms with van der Waals surface area (Å²) in [7, 11) is 0. The molecule has 70 valence electrons. The number of allylic oxidation sites excluding steroid dienone is 1. The number of carbonyl (C=O) groups excluding carboxylic acids is 1. The molecule has 13 heavy (non-hydrogen) atoms. The topological polar surface area (TPSA) is 17.1 Å². The predicted molar refractivity (Wildman–Crippen MR) is 57.6 cm³/mol. The molecule has 1 aromatic carbocycles. The Morgan fingerprint density at radius 1 is 1.23 bits per heavy atom. The molecule has 0 spiro atoms. The zero-order valence-electron chi connectivity index (χ0n) is 8.29. The molecule has 1 heteroatoms. The molecule has 0 aromatic heterocycles. The van der Waals surface area contributed by atoms with Crippen LogP contribution in [0.2, 0.25) is 0 Å². The molecule has 0 bridgehead atoms. The minimum atomic E-state index is 1.12. The number of hydrogen-bond acceptors (Lipinski definition) is 1. The van der Waals surface area contributed by atoms with Gasteiger partial charge in [0.25, 0.3) is 0 Å². The van der Waals surface area contributed by atoms with E-state index >= 15 is 0 Å². The third-order valence-corrected chi connectivity index (χ3v) is 1.75. The lowest BCUT2D eigenvalue weighted by molar-refractivity contribution is -0.0979. The molecule has 0 aliphatic heterocycles. The van der Waals surface area contributed by atoms with Crippen molar-refractivity contribution in [2.45, 2.75) is 20.3 Å². The molecule has 0 unspecified atom stereocenters. The third-order valence-electron chi connectivity index (χ3n) is 1.75. The zero-order chi connectivity index (χ0) is 10.1. The van der Waals surface area contributed by atoms with Crippen LogP contribution < -0.4 is 0 Å². The van der Waals surface area contributed by atoms with Gasteiger partial charge in [-0.15, -0.1) is 0 Å². The lowest BCUT2D eigenvalue weighted by atomic mass is 10.1. The molecule has 0 amide bonds. The van der Waals surface area contributed by atoms with Gasteiger partial charge in [0, 0.05) is 0 Å². The molecule has 0 aliphatic rings. The second-order valence-corrected chi connectivity index (χ2v) is 2.60. The Morgan fingerprint density at radius 2 is 1.77 bits per heavy atom. The summed E-state index contributed by atoms with van der Waals surface area (Å²) in [6, 6.07) is 8.66. The van der Waals surface area contributed by atoms with Crippen molar-refractivity contribution in [3.8, 4) is 0 Å². The minimum Gasteiger partial charge on any atom is -0.307 e. The molecule has 0 saturated heterocycles. The van der Waals surface area contributed by atoms with Gasteiger partial charge in [-0.1, -0.05) is 43.3 Å². The van der Waals surface area contributed by atoms with Gasteiger partial charge in [-0.3, -0.25) is 0 Å². The van der Waals surface area contributed by atoms with Crippen LogP contribution in [0.3, 0.4) is 0 Å². The van der Waals surface area contributed by atoms with E-state index in [0.29, 0.717) is 0 Å². The van der Waals surface area contributed by atoms with Crippen LogP contribution in [0.15, 0.2) is 30.3 Å². The summed E-state index contributed by atoms with van der Waals surface area (Å²) in [5.74, 6) is 0. The van der Waals surface area contributed by atoms with Crippen molar-refractivity contribution in [1.29, 1.82) is 0 Å². The van der Waals surface area contributed by atoms with Gasteiger partial charge in [-0.05, 0) is 24.5 Å². The van der Waals surface area contributed by atoms with E-state index < -0.39 is 0 Å². The summed E-state index contributed by atoms with van der Waals surface area (Å²) in [4.78, 5) is 8.00. The molecule has 1 nitrogen and oxygen atoms in total. The smallest absolute Gasteiger partial charge is 0.106 e. The Hall–Kier alpha value is -1.37. The van der Waals surface area contributed by atoms with E-state index in [1.807, 2.05) is 13.7 Å². The molecule has 0 fully saturated rings. The predicted octanol–water partition coefficient (Wildman–Crippen LogP) is 3.10. The highest BCUT2D eigenvalue weighted by Crippen LogP contribution is 2.06. The first-order chi connectivity index (χ1) is 6.36. The van der Waals surface area contributed by atoms with E-state index in [2.05, 4.69) is 43.3 Å². The fourth-order valence-electron chi connectivity index (χ4n) is 1.06. The van der Waals surface area contributed by atoms with Gasteiger partial charge in [-0.25, -0.2) is 0 Å². The molecule has 0 heterocycles. The van der Waals surface area contributed by atoms with Crippen molar-refractivity contribution in [2.24, 2.45) is 0 Å². The Labute approximate surface area is 80.1 Å². The van der Waals surface area contributed by atoms with Crippen LogP contribution in [-0.2, 0) is 11.2 Å². The first-order valence-corrected chi connectivity index (χ1v) is 4.37. The van der Waals surface area contributed by atoms with E-state index in [1.54, 1.807) is 0 Å². The Balaban J connectivity index is 0.000000671. The standard InChI is InChI=1S/C11H14.CH2O/c1-3-5-11-8-6-10(4-2)7-9-11;1-2/h3,5-9H,4H2,1-2H3;1H2/b5-3+;. The van der Waals surface area contributed by atoms with Crippen molar-refractivity contribution in [3.63, 3.8) is 0 Å². The van der Waals surface area contributed by atoms with Gasteiger partial charge < -0.3 is 4.79 Å². The fraction of sp³-hybridized carbons (Fsp3) is 0.250. The highest BCUT2D eigenvalue weighted by atomic mass is 16.1. The number of aryl methyl sites for hydroxylation is 1. The summed E-state index contributed by atoms with van der Waals surface area (Å²) in [5, 5.41) is 0. The molecule has 0 aliphatic carbocycles. The fourth-order valence-corrected chi connectivity index (χ4v) is 1.06. The molecule has 0 atom stereocenters. The van der Waals surface area contributed by atoms with E-state index in [4.69, 9.17) is 4.79 Å². The third kappa shape index (κ3) is 4.26. The molecular weight excluding hydrogens is 160 g/mol. The first kappa shape index (κ1) is 11.6. The van der Waals surface area contributed by atoms with Crippen molar-refractivity contribution in [2.75, 3.05) is 0 Å². The Kier molecular flexibility index (Phi) is 6.52. The van der Waals surface area contributed by atoms with Gasteiger partial charge >= 0.3 is 0 Å². The lowest BCUT2D eigenvalue weighted by Gasteiger charge is -1.95. The van der Waals surface area contributed by atoms with Gasteiger partial charge in [0.15, 0.2) is 0 Å². The molecule has 1 rings (SSSR count). The van der Waals surface area contributed by atoms with Crippen molar-refractivity contribution in [3.05, 3.63) is 41.5 Å². The van der Waals surface area contributed by atoms with Crippen LogP contribution in [0.4, 0.5) is 0 Å². The largest absolute Gasteiger partial charge is 0.307 e. The van der Waals surface area contributed by atoms with Crippen LogP contribution >= 0.6 is 0 Å². The van der Waals surface area contributed by atoms with Gasteiger partial charge in [0.1, 0.15) is 6.79 Å². The maximum absolute atomic E-state index is 8.00. The van der Waals surface area contributed by atoms with Crippen LogP contribution in [-0.4, -0.2) is 6.79 Å². The molecule has 0 N–H and O–H groups in total. The maximum atomic E-state index is 8.00. The second kappa shape index (κ2) is 7.29. The van der Waals surface area contributed by atoms with Crippen molar-refractivity contribution in [1.82, 2.24) is 0 Å². The Bertz CT molecular complexity index is 246. The quantitative estimate of drug-likeness (QED) is 0.676. The summed E-state index contributed by atoms with van der Waals surface area (Å²) < 4.78 is 0. The minimum absolute atomic E-state index is 1.12. The summed E-state index contributed by atoms with van der Waals surface area (Å²) in [6.07, 6.45) is 5.29. The maximum Gasteiger partial charge on any atom is 0.106 e. The van der Waals surface area contributed by atoms with Crippen LogP contribution in [0, 0.1) is 0 Å². The van der Waals surface area contributed by atoms with Crippen LogP contribution in [0.1, 0.15) is 25.0 Å². The van der Waals surface area contributed by atoms with Crippen molar-refractivity contribution >= 4 is 12.9 Å². The van der Waals surface area contributed by atoms with Gasteiger partial charge in [0.2, 0.25) is 0 Å². The molecule has 1 aromatic rings.